The minimum atomic E-state index is -0.139. The number of halogens is 2. The van der Waals surface area contributed by atoms with Crippen molar-refractivity contribution in [3.05, 3.63) is 56.2 Å². The topological polar surface area (TPSA) is 51.2 Å². The Hall–Kier alpha value is -1.34. The molecule has 6 heteroatoms. The number of nitrogens with zero attached hydrogens (tertiary/aromatic N) is 1. The number of benzene rings is 1. The number of aromatic nitrogens is 1. The van der Waals surface area contributed by atoms with Crippen molar-refractivity contribution < 1.29 is 9.53 Å². The van der Waals surface area contributed by atoms with E-state index < -0.39 is 0 Å². The van der Waals surface area contributed by atoms with Crippen LogP contribution in [0.15, 0.2) is 36.5 Å². The molecule has 1 aromatic heterocycles. The number of ether oxygens (including phenoxy) is 1. The van der Waals surface area contributed by atoms with Gasteiger partial charge in [0.2, 0.25) is 5.88 Å². The molecule has 1 aromatic carbocycles. The molecule has 0 aliphatic heterocycles. The molecule has 4 nitrogen and oxygen atoms in total. The fourth-order valence-corrected chi connectivity index (χ4v) is 2.34. The molecular formula is C15H14ClIN2O2. The summed E-state index contributed by atoms with van der Waals surface area (Å²) in [5.41, 5.74) is 1.52. The van der Waals surface area contributed by atoms with Crippen LogP contribution in [0, 0.1) is 3.57 Å². The molecule has 110 valence electrons. The van der Waals surface area contributed by atoms with Crippen molar-refractivity contribution in [1.29, 1.82) is 0 Å². The Balaban J connectivity index is 2.00. The zero-order valence-corrected chi connectivity index (χ0v) is 14.3. The van der Waals surface area contributed by atoms with E-state index in [0.29, 0.717) is 29.6 Å². The van der Waals surface area contributed by atoms with Gasteiger partial charge in [-0.15, -0.1) is 0 Å². The molecule has 1 heterocycles. The first kappa shape index (κ1) is 16.0. The molecule has 2 aromatic rings. The van der Waals surface area contributed by atoms with Crippen LogP contribution in [0.3, 0.4) is 0 Å². The zero-order valence-electron chi connectivity index (χ0n) is 11.4. The van der Waals surface area contributed by atoms with E-state index in [1.54, 1.807) is 24.4 Å². The molecule has 0 fully saturated rings. The van der Waals surface area contributed by atoms with Gasteiger partial charge < -0.3 is 10.1 Å². The Labute approximate surface area is 142 Å². The first-order chi connectivity index (χ1) is 10.1. The van der Waals surface area contributed by atoms with Gasteiger partial charge in [0.1, 0.15) is 0 Å². The van der Waals surface area contributed by atoms with Crippen LogP contribution in [0.2, 0.25) is 5.02 Å². The highest BCUT2D eigenvalue weighted by atomic mass is 127. The second kappa shape index (κ2) is 7.61. The fourth-order valence-electron chi connectivity index (χ4n) is 1.71. The highest BCUT2D eigenvalue weighted by molar-refractivity contribution is 14.1. The third-order valence-corrected chi connectivity index (χ3v) is 4.27. The Morgan fingerprint density at radius 3 is 2.90 bits per heavy atom. The van der Waals surface area contributed by atoms with Gasteiger partial charge in [0, 0.05) is 27.9 Å². The molecule has 2 rings (SSSR count). The predicted octanol–water partition coefficient (Wildman–Crippen LogP) is 3.67. The molecular weight excluding hydrogens is 403 g/mol. The Kier molecular flexibility index (Phi) is 5.81. The molecule has 0 aliphatic rings. The number of amides is 1. The summed E-state index contributed by atoms with van der Waals surface area (Å²) in [6.07, 6.45) is 1.66. The molecule has 21 heavy (non-hydrogen) atoms. The first-order valence-corrected chi connectivity index (χ1v) is 7.87. The van der Waals surface area contributed by atoms with Crippen molar-refractivity contribution in [2.75, 3.05) is 6.61 Å². The van der Waals surface area contributed by atoms with Crippen molar-refractivity contribution >= 4 is 40.1 Å². The van der Waals surface area contributed by atoms with Gasteiger partial charge in [0.15, 0.2) is 0 Å². The van der Waals surface area contributed by atoms with E-state index in [1.807, 2.05) is 19.1 Å². The molecule has 0 aliphatic carbocycles. The molecule has 0 unspecified atom stereocenters. The summed E-state index contributed by atoms with van der Waals surface area (Å²) in [5, 5.41) is 3.50. The third-order valence-electron chi connectivity index (χ3n) is 2.73. The lowest BCUT2D eigenvalue weighted by molar-refractivity contribution is 0.0950. The van der Waals surface area contributed by atoms with Gasteiger partial charge in [-0.05, 0) is 59.3 Å². The number of hydrogen-bond donors (Lipinski definition) is 1. The molecule has 0 saturated carbocycles. The van der Waals surface area contributed by atoms with Gasteiger partial charge in [-0.3, -0.25) is 4.79 Å². The van der Waals surface area contributed by atoms with Crippen molar-refractivity contribution in [1.82, 2.24) is 10.3 Å². The van der Waals surface area contributed by atoms with Crippen molar-refractivity contribution in [2.24, 2.45) is 0 Å². The van der Waals surface area contributed by atoms with E-state index >= 15 is 0 Å². The van der Waals surface area contributed by atoms with E-state index in [4.69, 9.17) is 16.3 Å². The second-order valence-electron chi connectivity index (χ2n) is 4.25. The van der Waals surface area contributed by atoms with E-state index in [1.165, 1.54) is 0 Å². The standard InChI is InChI=1S/C15H14ClIN2O2/c1-2-21-14-7-10(5-6-18-14)9-19-15(20)11-3-4-12(16)13(17)8-11/h3-8H,2,9H2,1H3,(H,19,20). The maximum Gasteiger partial charge on any atom is 0.251 e. The maximum atomic E-state index is 12.1. The molecule has 0 radical (unpaired) electrons. The quantitative estimate of drug-likeness (QED) is 0.757. The third kappa shape index (κ3) is 4.57. The van der Waals surface area contributed by atoms with Crippen molar-refractivity contribution in [3.8, 4) is 5.88 Å². The Bertz CT molecular complexity index is 649. The number of rotatable bonds is 5. The summed E-state index contributed by atoms with van der Waals surface area (Å²) >= 11 is 8.05. The summed E-state index contributed by atoms with van der Waals surface area (Å²) in [5.74, 6) is 0.421. The van der Waals surface area contributed by atoms with Gasteiger partial charge in [0.25, 0.3) is 5.91 Å². The van der Waals surface area contributed by atoms with E-state index in [9.17, 15) is 4.79 Å². The summed E-state index contributed by atoms with van der Waals surface area (Å²) in [7, 11) is 0. The zero-order chi connectivity index (χ0) is 15.2. The lowest BCUT2D eigenvalue weighted by Crippen LogP contribution is -2.22. The van der Waals surface area contributed by atoms with E-state index in [-0.39, 0.29) is 5.91 Å². The highest BCUT2D eigenvalue weighted by Crippen LogP contribution is 2.19. The lowest BCUT2D eigenvalue weighted by atomic mass is 10.2. The minimum Gasteiger partial charge on any atom is -0.478 e. The molecule has 1 amide bonds. The van der Waals surface area contributed by atoms with Gasteiger partial charge in [-0.2, -0.15) is 0 Å². The van der Waals surface area contributed by atoms with E-state index in [0.717, 1.165) is 9.13 Å². The number of carbonyl (C=O) groups is 1. The van der Waals surface area contributed by atoms with Crippen molar-refractivity contribution in [2.45, 2.75) is 13.5 Å². The number of pyridine rings is 1. The van der Waals surface area contributed by atoms with Crippen LogP contribution in [0.5, 0.6) is 5.88 Å². The molecule has 0 saturated heterocycles. The summed E-state index contributed by atoms with van der Waals surface area (Å²) in [4.78, 5) is 16.2. The minimum absolute atomic E-state index is 0.139. The average molecular weight is 417 g/mol. The SMILES string of the molecule is CCOc1cc(CNC(=O)c2ccc(Cl)c(I)c2)ccn1. The normalized spacial score (nSPS) is 10.2. The molecule has 0 bridgehead atoms. The average Bonchev–Trinajstić information content (AvgIpc) is 2.48. The monoisotopic (exact) mass is 416 g/mol. The summed E-state index contributed by atoms with van der Waals surface area (Å²) in [6, 6.07) is 8.84. The van der Waals surface area contributed by atoms with Gasteiger partial charge >= 0.3 is 0 Å². The van der Waals surface area contributed by atoms with Crippen LogP contribution >= 0.6 is 34.2 Å². The lowest BCUT2D eigenvalue weighted by Gasteiger charge is -2.08. The maximum absolute atomic E-state index is 12.1. The predicted molar refractivity (Wildman–Crippen MR) is 90.7 cm³/mol. The molecule has 1 N–H and O–H groups in total. The van der Waals surface area contributed by atoms with Crippen LogP contribution < -0.4 is 10.1 Å². The molecule has 0 atom stereocenters. The summed E-state index contributed by atoms with van der Waals surface area (Å²) in [6.45, 7) is 2.88. The number of hydrogen-bond acceptors (Lipinski definition) is 3. The van der Waals surface area contributed by atoms with Crippen LogP contribution in [-0.2, 0) is 6.54 Å². The van der Waals surface area contributed by atoms with Gasteiger partial charge in [-0.25, -0.2) is 4.98 Å². The van der Waals surface area contributed by atoms with Gasteiger partial charge in [0.05, 0.1) is 11.6 Å². The Morgan fingerprint density at radius 2 is 2.19 bits per heavy atom. The fraction of sp³-hybridized carbons (Fsp3) is 0.200. The summed E-state index contributed by atoms with van der Waals surface area (Å²) < 4.78 is 6.18. The number of carbonyl (C=O) groups excluding carboxylic acids is 1. The largest absolute Gasteiger partial charge is 0.478 e. The smallest absolute Gasteiger partial charge is 0.251 e. The number of nitrogens with one attached hydrogen (secondary N) is 1. The second-order valence-corrected chi connectivity index (χ2v) is 5.82. The highest BCUT2D eigenvalue weighted by Gasteiger charge is 2.08. The van der Waals surface area contributed by atoms with Crippen LogP contribution in [0.4, 0.5) is 0 Å². The van der Waals surface area contributed by atoms with E-state index in [2.05, 4.69) is 32.9 Å². The van der Waals surface area contributed by atoms with Crippen LogP contribution in [0.25, 0.3) is 0 Å². The molecule has 0 spiro atoms. The Morgan fingerprint density at radius 1 is 1.38 bits per heavy atom. The van der Waals surface area contributed by atoms with Crippen LogP contribution in [-0.4, -0.2) is 17.5 Å². The first-order valence-electron chi connectivity index (χ1n) is 6.41. The van der Waals surface area contributed by atoms with Gasteiger partial charge in [-0.1, -0.05) is 11.6 Å². The van der Waals surface area contributed by atoms with Crippen molar-refractivity contribution in [3.63, 3.8) is 0 Å². The van der Waals surface area contributed by atoms with Crippen LogP contribution in [0.1, 0.15) is 22.8 Å².